The first-order valence-electron chi connectivity index (χ1n) is 5.15. The Bertz CT molecular complexity index is 325. The minimum Gasteiger partial charge on any atom is -0.395 e. The molecule has 0 heterocycles. The number of nitrogens with one attached hydrogen (secondary N) is 3. The summed E-state index contributed by atoms with van der Waals surface area (Å²) >= 11 is 0. The lowest BCUT2D eigenvalue weighted by Crippen LogP contribution is -2.27. The summed E-state index contributed by atoms with van der Waals surface area (Å²) in [5.74, 6) is -0.165. The number of amides is 1. The number of hydrogen-bond donors (Lipinski definition) is 4. The van der Waals surface area contributed by atoms with E-state index in [1.807, 2.05) is 12.1 Å². The van der Waals surface area contributed by atoms with Gasteiger partial charge in [0.25, 0.3) is 5.91 Å². The molecule has 1 aromatic carbocycles. The summed E-state index contributed by atoms with van der Waals surface area (Å²) in [6, 6.07) is 7.30. The second kappa shape index (κ2) is 6.95. The van der Waals surface area contributed by atoms with Gasteiger partial charge < -0.3 is 10.4 Å². The predicted octanol–water partition coefficient (Wildman–Crippen LogP) is -0.367. The van der Waals surface area contributed by atoms with Crippen molar-refractivity contribution in [1.82, 2.24) is 16.2 Å². The van der Waals surface area contributed by atoms with Crippen molar-refractivity contribution < 1.29 is 9.90 Å². The number of benzene rings is 1. The highest BCUT2D eigenvalue weighted by Gasteiger charge is 2.03. The average molecular weight is 223 g/mol. The van der Waals surface area contributed by atoms with Gasteiger partial charge in [0.05, 0.1) is 6.61 Å². The van der Waals surface area contributed by atoms with Crippen molar-refractivity contribution in [3.05, 3.63) is 35.4 Å². The fourth-order valence-corrected chi connectivity index (χ4v) is 1.24. The summed E-state index contributed by atoms with van der Waals surface area (Å²) in [4.78, 5) is 11.5. The van der Waals surface area contributed by atoms with Crippen LogP contribution in [0.3, 0.4) is 0 Å². The fourth-order valence-electron chi connectivity index (χ4n) is 1.24. The average Bonchev–Trinajstić information content (AvgIpc) is 2.34. The van der Waals surface area contributed by atoms with E-state index in [-0.39, 0.29) is 19.1 Å². The third-order valence-electron chi connectivity index (χ3n) is 2.08. The van der Waals surface area contributed by atoms with Gasteiger partial charge in [0.1, 0.15) is 0 Å². The molecule has 0 aliphatic carbocycles. The van der Waals surface area contributed by atoms with Gasteiger partial charge in [-0.05, 0) is 24.7 Å². The van der Waals surface area contributed by atoms with Gasteiger partial charge in [-0.15, -0.1) is 0 Å². The molecule has 0 atom stereocenters. The van der Waals surface area contributed by atoms with Crippen LogP contribution in [-0.4, -0.2) is 31.2 Å². The molecular weight excluding hydrogens is 206 g/mol. The maximum absolute atomic E-state index is 11.5. The molecule has 0 bridgehead atoms. The molecule has 0 fully saturated rings. The highest BCUT2D eigenvalue weighted by Crippen LogP contribution is 2.03. The van der Waals surface area contributed by atoms with Crippen molar-refractivity contribution in [2.75, 3.05) is 20.2 Å². The van der Waals surface area contributed by atoms with Crippen LogP contribution in [0, 0.1) is 0 Å². The molecule has 0 saturated heterocycles. The summed E-state index contributed by atoms with van der Waals surface area (Å²) in [5.41, 5.74) is 7.48. The fraction of sp³-hybridized carbons (Fsp3) is 0.364. The van der Waals surface area contributed by atoms with Crippen LogP contribution < -0.4 is 16.2 Å². The lowest BCUT2D eigenvalue weighted by molar-refractivity contribution is 0.0945. The molecule has 0 radical (unpaired) electrons. The van der Waals surface area contributed by atoms with E-state index in [1.54, 1.807) is 19.2 Å². The smallest absolute Gasteiger partial charge is 0.251 e. The molecule has 0 unspecified atom stereocenters. The van der Waals surface area contributed by atoms with Gasteiger partial charge in [0.2, 0.25) is 0 Å². The Hall–Kier alpha value is -1.43. The van der Waals surface area contributed by atoms with Crippen molar-refractivity contribution in [2.45, 2.75) is 6.54 Å². The molecular formula is C11H17N3O2. The first-order valence-corrected chi connectivity index (χ1v) is 5.15. The van der Waals surface area contributed by atoms with Gasteiger partial charge in [-0.2, -0.15) is 0 Å². The van der Waals surface area contributed by atoms with Gasteiger partial charge in [0.15, 0.2) is 0 Å². The van der Waals surface area contributed by atoms with Gasteiger partial charge >= 0.3 is 0 Å². The van der Waals surface area contributed by atoms with E-state index in [1.165, 1.54) is 0 Å². The number of aliphatic hydroxyl groups is 1. The van der Waals surface area contributed by atoms with Gasteiger partial charge in [-0.25, -0.2) is 0 Å². The Morgan fingerprint density at radius 2 is 2.00 bits per heavy atom. The Balaban J connectivity index is 2.53. The number of aliphatic hydroxyl groups excluding tert-OH is 1. The van der Waals surface area contributed by atoms with Crippen LogP contribution in [-0.2, 0) is 6.54 Å². The predicted molar refractivity (Wildman–Crippen MR) is 61.8 cm³/mol. The van der Waals surface area contributed by atoms with Crippen molar-refractivity contribution in [3.8, 4) is 0 Å². The molecule has 5 heteroatoms. The maximum atomic E-state index is 11.5. The van der Waals surface area contributed by atoms with E-state index in [4.69, 9.17) is 5.11 Å². The first kappa shape index (κ1) is 12.6. The maximum Gasteiger partial charge on any atom is 0.251 e. The van der Waals surface area contributed by atoms with Crippen LogP contribution in [0.5, 0.6) is 0 Å². The minimum absolute atomic E-state index is 0.0457. The summed E-state index contributed by atoms with van der Waals surface area (Å²) in [5, 5.41) is 11.2. The highest BCUT2D eigenvalue weighted by atomic mass is 16.3. The molecule has 4 N–H and O–H groups in total. The molecule has 16 heavy (non-hydrogen) atoms. The Kier molecular flexibility index (Phi) is 5.49. The van der Waals surface area contributed by atoms with E-state index in [0.717, 1.165) is 5.56 Å². The topological polar surface area (TPSA) is 73.4 Å². The van der Waals surface area contributed by atoms with E-state index in [0.29, 0.717) is 12.1 Å². The van der Waals surface area contributed by atoms with E-state index >= 15 is 0 Å². The van der Waals surface area contributed by atoms with E-state index < -0.39 is 0 Å². The molecule has 0 aliphatic rings. The van der Waals surface area contributed by atoms with Crippen molar-refractivity contribution in [2.24, 2.45) is 0 Å². The monoisotopic (exact) mass is 223 g/mol. The van der Waals surface area contributed by atoms with Crippen LogP contribution in [0.25, 0.3) is 0 Å². The molecule has 5 nitrogen and oxygen atoms in total. The Morgan fingerprint density at radius 3 is 2.56 bits per heavy atom. The van der Waals surface area contributed by atoms with E-state index in [9.17, 15) is 4.79 Å². The zero-order valence-electron chi connectivity index (χ0n) is 9.29. The van der Waals surface area contributed by atoms with Crippen LogP contribution in [0.1, 0.15) is 15.9 Å². The van der Waals surface area contributed by atoms with Gasteiger partial charge in [-0.3, -0.25) is 15.6 Å². The molecule has 0 saturated carbocycles. The van der Waals surface area contributed by atoms with Gasteiger partial charge in [-0.1, -0.05) is 12.1 Å². The standard InChI is InChI=1S/C11H17N3O2/c1-12-14-8-9-2-4-10(5-3-9)11(16)13-6-7-15/h2-5,12,14-15H,6-8H2,1H3,(H,13,16). The molecule has 1 amide bonds. The zero-order chi connectivity index (χ0) is 11.8. The lowest BCUT2D eigenvalue weighted by atomic mass is 10.1. The highest BCUT2D eigenvalue weighted by molar-refractivity contribution is 5.94. The third-order valence-corrected chi connectivity index (χ3v) is 2.08. The quantitative estimate of drug-likeness (QED) is 0.497. The second-order valence-electron chi connectivity index (χ2n) is 3.28. The normalized spacial score (nSPS) is 10.1. The van der Waals surface area contributed by atoms with Crippen molar-refractivity contribution in [1.29, 1.82) is 0 Å². The largest absolute Gasteiger partial charge is 0.395 e. The molecule has 1 aromatic rings. The Morgan fingerprint density at radius 1 is 1.31 bits per heavy atom. The Labute approximate surface area is 94.8 Å². The minimum atomic E-state index is -0.165. The lowest BCUT2D eigenvalue weighted by Gasteiger charge is -2.05. The van der Waals surface area contributed by atoms with Crippen LogP contribution in [0.15, 0.2) is 24.3 Å². The number of hydrazine groups is 1. The summed E-state index contributed by atoms with van der Waals surface area (Å²) in [7, 11) is 1.80. The first-order chi connectivity index (χ1) is 7.77. The zero-order valence-corrected chi connectivity index (χ0v) is 9.29. The van der Waals surface area contributed by atoms with Crippen LogP contribution in [0.4, 0.5) is 0 Å². The van der Waals surface area contributed by atoms with Crippen LogP contribution >= 0.6 is 0 Å². The molecule has 0 aliphatic heterocycles. The van der Waals surface area contributed by atoms with Crippen molar-refractivity contribution in [3.63, 3.8) is 0 Å². The number of carbonyl (C=O) groups is 1. The second-order valence-corrected chi connectivity index (χ2v) is 3.28. The molecule has 1 rings (SSSR count). The summed E-state index contributed by atoms with van der Waals surface area (Å²) < 4.78 is 0. The third kappa shape index (κ3) is 3.98. The molecule has 0 aromatic heterocycles. The van der Waals surface area contributed by atoms with E-state index in [2.05, 4.69) is 16.2 Å². The number of hydrogen-bond acceptors (Lipinski definition) is 4. The summed E-state index contributed by atoms with van der Waals surface area (Å²) in [6.07, 6.45) is 0. The SMILES string of the molecule is CNNCc1ccc(C(=O)NCCO)cc1. The number of rotatable bonds is 6. The van der Waals surface area contributed by atoms with Crippen LogP contribution in [0.2, 0.25) is 0 Å². The molecule has 0 spiro atoms. The van der Waals surface area contributed by atoms with Gasteiger partial charge in [0, 0.05) is 18.7 Å². The van der Waals surface area contributed by atoms with Crippen molar-refractivity contribution >= 4 is 5.91 Å². The molecule has 88 valence electrons. The summed E-state index contributed by atoms with van der Waals surface area (Å²) in [6.45, 7) is 0.937. The number of carbonyl (C=O) groups excluding carboxylic acids is 1.